The molecule has 0 saturated carbocycles. The Labute approximate surface area is 162 Å². The van der Waals surface area contributed by atoms with Crippen molar-refractivity contribution in [3.63, 3.8) is 0 Å². The van der Waals surface area contributed by atoms with Crippen molar-refractivity contribution in [1.29, 1.82) is 0 Å². The Morgan fingerprint density at radius 1 is 0.889 bits per heavy atom. The van der Waals surface area contributed by atoms with Crippen LogP contribution in [-0.2, 0) is 0 Å². The van der Waals surface area contributed by atoms with E-state index in [4.69, 9.17) is 16.3 Å². The summed E-state index contributed by atoms with van der Waals surface area (Å²) in [7, 11) is 0. The third kappa shape index (κ3) is 3.57. The highest BCUT2D eigenvalue weighted by Crippen LogP contribution is 2.34. The second-order valence-electron chi connectivity index (χ2n) is 6.54. The number of fused-ring (bicyclic) bond motifs is 1. The van der Waals surface area contributed by atoms with Crippen molar-refractivity contribution in [3.8, 4) is 5.75 Å². The van der Waals surface area contributed by atoms with Gasteiger partial charge in [-0.25, -0.2) is 4.79 Å². The van der Waals surface area contributed by atoms with E-state index in [0.29, 0.717) is 55.7 Å². The fraction of sp³-hybridized carbons (Fsp3) is 0.300. The molecule has 6 nitrogen and oxygen atoms in total. The molecule has 0 radical (unpaired) electrons. The lowest BCUT2D eigenvalue weighted by Gasteiger charge is -2.39. The van der Waals surface area contributed by atoms with Gasteiger partial charge >= 0.3 is 6.03 Å². The van der Waals surface area contributed by atoms with Gasteiger partial charge in [-0.05, 0) is 24.3 Å². The van der Waals surface area contributed by atoms with Gasteiger partial charge in [-0.3, -0.25) is 9.69 Å². The van der Waals surface area contributed by atoms with Crippen LogP contribution in [0.5, 0.6) is 5.75 Å². The summed E-state index contributed by atoms with van der Waals surface area (Å²) < 4.78 is 5.62. The number of carbonyl (C=O) groups is 2. The van der Waals surface area contributed by atoms with Gasteiger partial charge in [-0.1, -0.05) is 29.8 Å². The van der Waals surface area contributed by atoms with Crippen LogP contribution >= 0.6 is 11.6 Å². The fourth-order valence-electron chi connectivity index (χ4n) is 3.43. The van der Waals surface area contributed by atoms with Crippen LogP contribution in [-0.4, -0.2) is 61.1 Å². The average Bonchev–Trinajstić information content (AvgIpc) is 2.73. The molecule has 0 unspecified atom stereocenters. The molecule has 7 heteroatoms. The molecule has 3 amide bonds. The van der Waals surface area contributed by atoms with Crippen molar-refractivity contribution in [2.75, 3.05) is 44.2 Å². The van der Waals surface area contributed by atoms with Gasteiger partial charge in [0.15, 0.2) is 0 Å². The van der Waals surface area contributed by atoms with Crippen LogP contribution in [0.1, 0.15) is 10.4 Å². The summed E-state index contributed by atoms with van der Waals surface area (Å²) in [5.74, 6) is 0.633. The van der Waals surface area contributed by atoms with Gasteiger partial charge in [0.1, 0.15) is 12.4 Å². The predicted molar refractivity (Wildman–Crippen MR) is 104 cm³/mol. The minimum Gasteiger partial charge on any atom is -0.489 e. The summed E-state index contributed by atoms with van der Waals surface area (Å²) in [6.07, 6.45) is 0. The monoisotopic (exact) mass is 385 g/mol. The molecule has 27 heavy (non-hydrogen) atoms. The zero-order valence-corrected chi connectivity index (χ0v) is 15.6. The summed E-state index contributed by atoms with van der Waals surface area (Å²) >= 11 is 6.02. The molecular formula is C20H20ClN3O3. The first-order chi connectivity index (χ1) is 13.1. The molecule has 1 fully saturated rings. The van der Waals surface area contributed by atoms with E-state index in [-0.39, 0.29) is 11.9 Å². The van der Waals surface area contributed by atoms with Gasteiger partial charge in [0.25, 0.3) is 5.91 Å². The first kappa shape index (κ1) is 17.7. The number of halogens is 1. The van der Waals surface area contributed by atoms with Gasteiger partial charge in [0, 0.05) is 42.8 Å². The van der Waals surface area contributed by atoms with Crippen LogP contribution in [0.2, 0.25) is 5.02 Å². The van der Waals surface area contributed by atoms with Crippen molar-refractivity contribution in [3.05, 3.63) is 59.1 Å². The molecule has 0 spiro atoms. The van der Waals surface area contributed by atoms with Crippen LogP contribution in [0.3, 0.4) is 0 Å². The number of urea groups is 1. The molecule has 1 saturated heterocycles. The Balaban J connectivity index is 1.42. The number of hydrogen-bond acceptors (Lipinski definition) is 3. The number of hydrogen-bond donors (Lipinski definition) is 0. The molecule has 0 atom stereocenters. The van der Waals surface area contributed by atoms with Crippen molar-refractivity contribution < 1.29 is 14.3 Å². The topological polar surface area (TPSA) is 53.1 Å². The summed E-state index contributed by atoms with van der Waals surface area (Å²) in [5.41, 5.74) is 1.41. The lowest BCUT2D eigenvalue weighted by molar-refractivity contribution is 0.0668. The molecule has 2 aliphatic rings. The summed E-state index contributed by atoms with van der Waals surface area (Å²) in [5, 5.41) is 0.580. The third-order valence-corrected chi connectivity index (χ3v) is 5.11. The van der Waals surface area contributed by atoms with E-state index in [1.807, 2.05) is 36.4 Å². The summed E-state index contributed by atoms with van der Waals surface area (Å²) in [6, 6.07) is 14.5. The molecule has 0 aliphatic carbocycles. The number of carbonyl (C=O) groups excluding carboxylic acids is 2. The standard InChI is InChI=1S/C20H20ClN3O3/c21-16-6-7-17-18(14-16)27-13-12-24(17)20(26)23-10-8-22(9-11-23)19(25)15-4-2-1-3-5-15/h1-7,14H,8-13H2. The summed E-state index contributed by atoms with van der Waals surface area (Å²) in [6.45, 7) is 3.01. The van der Waals surface area contributed by atoms with Crippen LogP contribution in [0.25, 0.3) is 0 Å². The number of anilines is 1. The molecule has 4 rings (SSSR count). The number of ether oxygens (including phenoxy) is 1. The van der Waals surface area contributed by atoms with E-state index < -0.39 is 0 Å². The smallest absolute Gasteiger partial charge is 0.324 e. The highest BCUT2D eigenvalue weighted by molar-refractivity contribution is 6.30. The van der Waals surface area contributed by atoms with Crippen LogP contribution in [0.4, 0.5) is 10.5 Å². The van der Waals surface area contributed by atoms with E-state index in [2.05, 4.69) is 0 Å². The molecule has 140 valence electrons. The second kappa shape index (κ2) is 7.48. The molecule has 0 N–H and O–H groups in total. The Morgan fingerprint density at radius 2 is 1.59 bits per heavy atom. The highest BCUT2D eigenvalue weighted by atomic mass is 35.5. The Bertz CT molecular complexity index is 851. The van der Waals surface area contributed by atoms with Gasteiger partial charge in [-0.2, -0.15) is 0 Å². The Morgan fingerprint density at radius 3 is 2.33 bits per heavy atom. The number of nitrogens with zero attached hydrogens (tertiary/aromatic N) is 3. The number of benzene rings is 2. The summed E-state index contributed by atoms with van der Waals surface area (Å²) in [4.78, 5) is 30.9. The first-order valence-corrected chi connectivity index (χ1v) is 9.34. The first-order valence-electron chi connectivity index (χ1n) is 8.96. The lowest BCUT2D eigenvalue weighted by Crippen LogP contribution is -2.55. The van der Waals surface area contributed by atoms with E-state index in [0.717, 1.165) is 5.69 Å². The second-order valence-corrected chi connectivity index (χ2v) is 6.98. The average molecular weight is 386 g/mol. The van der Waals surface area contributed by atoms with E-state index >= 15 is 0 Å². The van der Waals surface area contributed by atoms with E-state index in [1.54, 1.807) is 26.8 Å². The van der Waals surface area contributed by atoms with Crippen molar-refractivity contribution in [2.45, 2.75) is 0 Å². The van der Waals surface area contributed by atoms with Crippen molar-refractivity contribution in [1.82, 2.24) is 9.80 Å². The van der Waals surface area contributed by atoms with E-state index in [1.165, 1.54) is 0 Å². The molecular weight excluding hydrogens is 366 g/mol. The minimum absolute atomic E-state index is 0.00839. The Hall–Kier alpha value is -2.73. The van der Waals surface area contributed by atoms with Gasteiger partial charge in [0.2, 0.25) is 0 Å². The fourth-order valence-corrected chi connectivity index (χ4v) is 3.59. The number of rotatable bonds is 1. The molecule has 2 heterocycles. The predicted octanol–water partition coefficient (Wildman–Crippen LogP) is 3.12. The van der Waals surface area contributed by atoms with Crippen LogP contribution in [0.15, 0.2) is 48.5 Å². The number of amides is 3. The SMILES string of the molecule is O=C(c1ccccc1)N1CCN(C(=O)N2CCOc3cc(Cl)ccc32)CC1. The lowest BCUT2D eigenvalue weighted by atomic mass is 10.2. The van der Waals surface area contributed by atoms with E-state index in [9.17, 15) is 9.59 Å². The minimum atomic E-state index is -0.0614. The Kier molecular flexibility index (Phi) is 4.90. The normalized spacial score (nSPS) is 16.6. The maximum atomic E-state index is 13.0. The molecule has 2 aromatic carbocycles. The van der Waals surface area contributed by atoms with Crippen molar-refractivity contribution in [2.24, 2.45) is 0 Å². The maximum absolute atomic E-state index is 13.0. The quantitative estimate of drug-likeness (QED) is 0.758. The maximum Gasteiger partial charge on any atom is 0.324 e. The third-order valence-electron chi connectivity index (χ3n) is 4.87. The highest BCUT2D eigenvalue weighted by Gasteiger charge is 2.31. The number of piperazine rings is 1. The van der Waals surface area contributed by atoms with Crippen molar-refractivity contribution >= 4 is 29.2 Å². The molecule has 2 aromatic rings. The van der Waals surface area contributed by atoms with Gasteiger partial charge in [0.05, 0.1) is 12.2 Å². The van der Waals surface area contributed by atoms with Gasteiger partial charge in [-0.15, -0.1) is 0 Å². The zero-order chi connectivity index (χ0) is 18.8. The molecule has 0 bridgehead atoms. The van der Waals surface area contributed by atoms with Gasteiger partial charge < -0.3 is 14.5 Å². The largest absolute Gasteiger partial charge is 0.489 e. The zero-order valence-electron chi connectivity index (χ0n) is 14.8. The van der Waals surface area contributed by atoms with Crippen LogP contribution < -0.4 is 9.64 Å². The van der Waals surface area contributed by atoms with Crippen LogP contribution in [0, 0.1) is 0 Å². The molecule has 0 aromatic heterocycles. The molecule has 2 aliphatic heterocycles.